The van der Waals surface area contributed by atoms with Crippen LogP contribution in [-0.4, -0.2) is 57.0 Å². The summed E-state index contributed by atoms with van der Waals surface area (Å²) in [7, 11) is 0. The molecule has 8 nitrogen and oxygen atoms in total. The van der Waals surface area contributed by atoms with Crippen LogP contribution >= 0.6 is 0 Å². The van der Waals surface area contributed by atoms with E-state index < -0.39 is 0 Å². The number of aryl methyl sites for hydroxylation is 1. The average Bonchev–Trinajstić information content (AvgIpc) is 3.15. The summed E-state index contributed by atoms with van der Waals surface area (Å²) in [5, 5.41) is 17.5. The molecule has 0 N–H and O–H groups in total. The maximum absolute atomic E-state index is 12.9. The fourth-order valence-electron chi connectivity index (χ4n) is 3.38. The molecule has 4 rings (SSSR count). The Kier molecular flexibility index (Phi) is 4.42. The van der Waals surface area contributed by atoms with Crippen molar-refractivity contribution in [2.24, 2.45) is 0 Å². The summed E-state index contributed by atoms with van der Waals surface area (Å²) in [6.45, 7) is 5.20. The lowest BCUT2D eigenvalue weighted by Crippen LogP contribution is -2.49. The summed E-state index contributed by atoms with van der Waals surface area (Å²) in [6, 6.07) is 11.2. The van der Waals surface area contributed by atoms with Gasteiger partial charge in [0.15, 0.2) is 0 Å². The summed E-state index contributed by atoms with van der Waals surface area (Å²) in [6.07, 6.45) is 1.69. The van der Waals surface area contributed by atoms with Gasteiger partial charge in [0.25, 0.3) is 5.91 Å². The number of aromatic nitrogens is 4. The van der Waals surface area contributed by atoms with Crippen molar-refractivity contribution in [1.82, 2.24) is 24.9 Å². The number of anilines is 1. The van der Waals surface area contributed by atoms with Gasteiger partial charge in [0.2, 0.25) is 0 Å². The van der Waals surface area contributed by atoms with E-state index in [1.54, 1.807) is 24.4 Å². The quantitative estimate of drug-likeness (QED) is 0.705. The molecule has 1 fully saturated rings. The Labute approximate surface area is 156 Å². The molecular formula is C19H19N7O. The van der Waals surface area contributed by atoms with Crippen molar-refractivity contribution in [1.29, 1.82) is 5.26 Å². The Morgan fingerprint density at radius 1 is 1.22 bits per heavy atom. The molecule has 3 aromatic rings. The van der Waals surface area contributed by atoms with Gasteiger partial charge in [-0.05, 0) is 37.3 Å². The largest absolute Gasteiger partial charge is 0.352 e. The zero-order chi connectivity index (χ0) is 18.8. The molecule has 0 bridgehead atoms. The minimum absolute atomic E-state index is 0.0101. The number of fused-ring (bicyclic) bond motifs is 1. The van der Waals surface area contributed by atoms with Crippen LogP contribution in [0.2, 0.25) is 0 Å². The van der Waals surface area contributed by atoms with Crippen LogP contribution in [0, 0.1) is 11.3 Å². The van der Waals surface area contributed by atoms with Crippen molar-refractivity contribution in [2.75, 3.05) is 31.1 Å². The molecule has 1 aliphatic heterocycles. The SMILES string of the molecule is CCn1nnc2cc(C(=O)N3CCN(c4ncccc4C#N)CC3)ccc21. The van der Waals surface area contributed by atoms with Gasteiger partial charge in [-0.3, -0.25) is 4.79 Å². The van der Waals surface area contributed by atoms with E-state index in [4.69, 9.17) is 0 Å². The summed E-state index contributed by atoms with van der Waals surface area (Å²) in [5.74, 6) is 0.675. The number of benzene rings is 1. The molecule has 0 radical (unpaired) electrons. The first kappa shape index (κ1) is 17.0. The van der Waals surface area contributed by atoms with Gasteiger partial charge in [-0.1, -0.05) is 5.21 Å². The first-order valence-corrected chi connectivity index (χ1v) is 8.94. The molecule has 1 aliphatic rings. The fraction of sp³-hybridized carbons (Fsp3) is 0.316. The van der Waals surface area contributed by atoms with Crippen molar-refractivity contribution in [3.05, 3.63) is 47.7 Å². The first-order valence-electron chi connectivity index (χ1n) is 8.94. The second-order valence-electron chi connectivity index (χ2n) is 6.37. The average molecular weight is 361 g/mol. The number of pyridine rings is 1. The monoisotopic (exact) mass is 361 g/mol. The van der Waals surface area contributed by atoms with Crippen LogP contribution in [-0.2, 0) is 6.54 Å². The standard InChI is InChI=1S/C19H19N7O/c1-2-26-17-6-5-14(12-16(17)22-23-26)19(27)25-10-8-24(9-11-25)18-15(13-20)4-3-7-21-18/h3-7,12H,2,8-11H2,1H3. The van der Waals surface area contributed by atoms with Crippen LogP contribution in [0.1, 0.15) is 22.8 Å². The minimum atomic E-state index is -0.0101. The first-order chi connectivity index (χ1) is 13.2. The van der Waals surface area contributed by atoms with Gasteiger partial charge in [0.1, 0.15) is 17.4 Å². The summed E-state index contributed by atoms with van der Waals surface area (Å²) in [5.41, 5.74) is 2.84. The van der Waals surface area contributed by atoms with E-state index in [0.29, 0.717) is 43.1 Å². The van der Waals surface area contributed by atoms with Crippen molar-refractivity contribution in [3.63, 3.8) is 0 Å². The van der Waals surface area contributed by atoms with E-state index in [-0.39, 0.29) is 5.91 Å². The number of carbonyl (C=O) groups excluding carboxylic acids is 1. The van der Waals surface area contributed by atoms with Crippen LogP contribution in [0.25, 0.3) is 11.0 Å². The predicted molar refractivity (Wildman–Crippen MR) is 100 cm³/mol. The third kappa shape index (κ3) is 3.08. The van der Waals surface area contributed by atoms with Gasteiger partial charge in [-0.2, -0.15) is 5.26 Å². The van der Waals surface area contributed by atoms with E-state index in [1.165, 1.54) is 0 Å². The zero-order valence-electron chi connectivity index (χ0n) is 15.0. The Bertz CT molecular complexity index is 1030. The zero-order valence-corrected chi connectivity index (χ0v) is 15.0. The molecule has 0 spiro atoms. The van der Waals surface area contributed by atoms with E-state index in [9.17, 15) is 10.1 Å². The van der Waals surface area contributed by atoms with Crippen LogP contribution in [0.15, 0.2) is 36.5 Å². The summed E-state index contributed by atoms with van der Waals surface area (Å²) >= 11 is 0. The Morgan fingerprint density at radius 3 is 2.78 bits per heavy atom. The molecule has 1 amide bonds. The van der Waals surface area contributed by atoms with E-state index in [2.05, 4.69) is 26.3 Å². The number of rotatable bonds is 3. The second-order valence-corrected chi connectivity index (χ2v) is 6.37. The molecule has 2 aromatic heterocycles. The Morgan fingerprint density at radius 2 is 2.04 bits per heavy atom. The molecular weight excluding hydrogens is 342 g/mol. The second kappa shape index (κ2) is 7.03. The Balaban J connectivity index is 1.48. The number of carbonyl (C=O) groups is 1. The van der Waals surface area contributed by atoms with Gasteiger partial charge in [0.05, 0.1) is 11.1 Å². The normalized spacial score (nSPS) is 14.4. The third-order valence-electron chi connectivity index (χ3n) is 4.83. The number of amides is 1. The Hall–Kier alpha value is -3.47. The molecule has 1 saturated heterocycles. The van der Waals surface area contributed by atoms with Crippen molar-refractivity contribution < 1.29 is 4.79 Å². The van der Waals surface area contributed by atoms with Crippen molar-refractivity contribution in [3.8, 4) is 6.07 Å². The molecule has 0 unspecified atom stereocenters. The maximum Gasteiger partial charge on any atom is 0.254 e. The number of hydrogen-bond acceptors (Lipinski definition) is 6. The van der Waals surface area contributed by atoms with Gasteiger partial charge in [0, 0.05) is 44.5 Å². The van der Waals surface area contributed by atoms with Crippen molar-refractivity contribution >= 4 is 22.8 Å². The topological polar surface area (TPSA) is 90.9 Å². The molecule has 1 aromatic carbocycles. The van der Waals surface area contributed by atoms with E-state index in [1.807, 2.05) is 28.6 Å². The van der Waals surface area contributed by atoms with Gasteiger partial charge < -0.3 is 9.80 Å². The number of piperazine rings is 1. The molecule has 0 saturated carbocycles. The number of nitrogens with zero attached hydrogens (tertiary/aromatic N) is 7. The van der Waals surface area contributed by atoms with Crippen LogP contribution in [0.4, 0.5) is 5.82 Å². The summed E-state index contributed by atoms with van der Waals surface area (Å²) < 4.78 is 1.81. The number of nitriles is 1. The third-order valence-corrected chi connectivity index (χ3v) is 4.83. The lowest BCUT2D eigenvalue weighted by Gasteiger charge is -2.35. The highest BCUT2D eigenvalue weighted by Gasteiger charge is 2.24. The predicted octanol–water partition coefficient (Wildman–Crippen LogP) is 1.68. The van der Waals surface area contributed by atoms with Gasteiger partial charge in [-0.15, -0.1) is 5.10 Å². The highest BCUT2D eigenvalue weighted by molar-refractivity contribution is 5.97. The minimum Gasteiger partial charge on any atom is -0.352 e. The van der Waals surface area contributed by atoms with Crippen LogP contribution in [0.5, 0.6) is 0 Å². The molecule has 136 valence electrons. The van der Waals surface area contributed by atoms with Gasteiger partial charge in [-0.25, -0.2) is 9.67 Å². The molecule has 8 heteroatoms. The molecule has 3 heterocycles. The lowest BCUT2D eigenvalue weighted by atomic mass is 10.1. The summed E-state index contributed by atoms with van der Waals surface area (Å²) in [4.78, 5) is 21.1. The molecule has 27 heavy (non-hydrogen) atoms. The molecule has 0 atom stereocenters. The smallest absolute Gasteiger partial charge is 0.254 e. The highest BCUT2D eigenvalue weighted by Crippen LogP contribution is 2.20. The van der Waals surface area contributed by atoms with Crippen LogP contribution < -0.4 is 4.90 Å². The maximum atomic E-state index is 12.9. The highest BCUT2D eigenvalue weighted by atomic mass is 16.2. The van der Waals surface area contributed by atoms with Crippen molar-refractivity contribution in [2.45, 2.75) is 13.5 Å². The molecule has 0 aliphatic carbocycles. The van der Waals surface area contributed by atoms with Crippen LogP contribution in [0.3, 0.4) is 0 Å². The van der Waals surface area contributed by atoms with E-state index in [0.717, 1.165) is 17.6 Å². The number of hydrogen-bond donors (Lipinski definition) is 0. The fourth-order valence-corrected chi connectivity index (χ4v) is 3.38. The lowest BCUT2D eigenvalue weighted by molar-refractivity contribution is 0.0746. The van der Waals surface area contributed by atoms with Gasteiger partial charge >= 0.3 is 0 Å². The van der Waals surface area contributed by atoms with E-state index >= 15 is 0 Å².